The molecule has 4 atom stereocenters. The van der Waals surface area contributed by atoms with Crippen LogP contribution < -0.4 is 21.1 Å². The van der Waals surface area contributed by atoms with E-state index in [-0.39, 0.29) is 12.2 Å². The number of nitrogen functional groups attached to an aromatic ring is 1. The molecule has 13 heteroatoms. The van der Waals surface area contributed by atoms with Gasteiger partial charge in [-0.3, -0.25) is 4.79 Å². The van der Waals surface area contributed by atoms with Crippen molar-refractivity contribution in [1.82, 2.24) is 30.2 Å². The molecular formula is C25H33N7O6. The first kappa shape index (κ1) is 27.1. The summed E-state index contributed by atoms with van der Waals surface area (Å²) in [6.45, 7) is 6.08. The van der Waals surface area contributed by atoms with Crippen LogP contribution in [-0.4, -0.2) is 78.7 Å². The second kappa shape index (κ2) is 11.2. The number of nitrogens with zero attached hydrogens (tertiary/aromatic N) is 4. The smallest absolute Gasteiger partial charge is 0.407 e. The van der Waals surface area contributed by atoms with Crippen LogP contribution in [0.5, 0.6) is 5.75 Å². The average molecular weight is 528 g/mol. The lowest BCUT2D eigenvalue weighted by Gasteiger charge is -2.22. The number of ether oxygens (including phenoxy) is 2. The third kappa shape index (κ3) is 6.29. The second-order valence-electron chi connectivity index (χ2n) is 10.1. The van der Waals surface area contributed by atoms with Gasteiger partial charge in [0.15, 0.2) is 11.5 Å². The number of nitrogens with one attached hydrogen (secondary N) is 2. The van der Waals surface area contributed by atoms with Crippen LogP contribution in [0.15, 0.2) is 36.9 Å². The van der Waals surface area contributed by atoms with E-state index in [0.29, 0.717) is 42.0 Å². The monoisotopic (exact) mass is 527 g/mol. The molecule has 0 saturated heterocycles. The van der Waals surface area contributed by atoms with Crippen LogP contribution in [0.2, 0.25) is 0 Å². The van der Waals surface area contributed by atoms with Crippen LogP contribution >= 0.6 is 0 Å². The van der Waals surface area contributed by atoms with Crippen molar-refractivity contribution in [2.45, 2.75) is 63.5 Å². The molecule has 0 aliphatic heterocycles. The number of carbonyl (C=O) groups excluding carboxylic acids is 2. The highest BCUT2D eigenvalue weighted by Gasteiger charge is 2.44. The van der Waals surface area contributed by atoms with Crippen LogP contribution in [0.4, 0.5) is 10.6 Å². The first-order valence-electron chi connectivity index (χ1n) is 12.3. The molecule has 6 N–H and O–H groups in total. The topological polar surface area (TPSA) is 187 Å². The van der Waals surface area contributed by atoms with E-state index >= 15 is 0 Å². The Morgan fingerprint density at radius 1 is 1.21 bits per heavy atom. The summed E-state index contributed by atoms with van der Waals surface area (Å²) >= 11 is 0. The Hall–Kier alpha value is -3.97. The molecule has 1 aliphatic rings. The number of nitrogens with two attached hydrogens (primary N) is 1. The number of alkyl carbamates (subject to hydrolysis) is 1. The minimum atomic E-state index is -1.10. The van der Waals surface area contributed by atoms with Gasteiger partial charge in [-0.15, -0.1) is 0 Å². The molecular weight excluding hydrogens is 494 g/mol. The molecule has 0 spiro atoms. The normalized spacial score (nSPS) is 21.3. The van der Waals surface area contributed by atoms with Gasteiger partial charge in [0.1, 0.15) is 23.2 Å². The van der Waals surface area contributed by atoms with Crippen LogP contribution in [0.25, 0.3) is 11.2 Å². The summed E-state index contributed by atoms with van der Waals surface area (Å²) in [6.07, 6.45) is 0.876. The van der Waals surface area contributed by atoms with E-state index in [9.17, 15) is 19.8 Å². The Labute approximate surface area is 219 Å². The number of amides is 2. The largest absolute Gasteiger partial charge is 0.494 e. The number of anilines is 1. The number of hydrogen-bond acceptors (Lipinski definition) is 10. The highest BCUT2D eigenvalue weighted by Crippen LogP contribution is 2.33. The zero-order valence-electron chi connectivity index (χ0n) is 21.5. The van der Waals surface area contributed by atoms with Crippen molar-refractivity contribution in [3.63, 3.8) is 0 Å². The molecule has 38 heavy (non-hydrogen) atoms. The van der Waals surface area contributed by atoms with Crippen LogP contribution in [0, 0.1) is 0 Å². The molecule has 13 nitrogen and oxygen atoms in total. The van der Waals surface area contributed by atoms with Gasteiger partial charge in [0.25, 0.3) is 5.91 Å². The Morgan fingerprint density at radius 2 is 2.00 bits per heavy atom. The maximum Gasteiger partial charge on any atom is 0.407 e. The van der Waals surface area contributed by atoms with Crippen molar-refractivity contribution in [2.75, 3.05) is 18.9 Å². The van der Waals surface area contributed by atoms with Gasteiger partial charge in [0.2, 0.25) is 0 Å². The maximum atomic E-state index is 12.9. The minimum Gasteiger partial charge on any atom is -0.494 e. The fourth-order valence-electron chi connectivity index (χ4n) is 4.33. The standard InChI is InChI=1S/C25H33N7O6/c1-25(2,3)38-24(36)27-8-5-9-37-15-7-4-6-14(10-15)23(35)31-16-11-17(33)19(20(16)34)32-13-30-18-21(26)28-12-29-22(18)32/h4,6-7,10,12-13,16-17,19-20,33-34H,5,8-9,11H2,1-3H3,(H,27,36)(H,31,35)(H2,26,28,29)/t16-,17+,19-,20-/m1/s1. The SMILES string of the molecule is CC(C)(C)OC(=O)NCCCOc1cccc(C(=O)N[C@@H]2C[C@H](O)[C@@H](n3cnc4c(N)ncnc43)[C@@H]2O)c1. The maximum absolute atomic E-state index is 12.9. The number of fused-ring (bicyclic) bond motifs is 1. The fraction of sp³-hybridized carbons (Fsp3) is 0.480. The summed E-state index contributed by atoms with van der Waals surface area (Å²) in [7, 11) is 0. The molecule has 0 radical (unpaired) electrons. The molecule has 4 rings (SSSR count). The molecule has 2 amide bonds. The number of rotatable bonds is 8. The Morgan fingerprint density at radius 3 is 2.76 bits per heavy atom. The molecule has 2 aromatic heterocycles. The van der Waals surface area contributed by atoms with E-state index < -0.39 is 41.9 Å². The number of imidazole rings is 1. The van der Waals surface area contributed by atoms with Gasteiger partial charge in [0.05, 0.1) is 37.2 Å². The van der Waals surface area contributed by atoms with E-state index in [1.165, 1.54) is 12.7 Å². The van der Waals surface area contributed by atoms with Gasteiger partial charge >= 0.3 is 6.09 Å². The lowest BCUT2D eigenvalue weighted by molar-refractivity contribution is 0.0525. The summed E-state index contributed by atoms with van der Waals surface area (Å²) in [5, 5.41) is 27.1. The predicted molar refractivity (Wildman–Crippen MR) is 137 cm³/mol. The third-order valence-electron chi connectivity index (χ3n) is 6.03. The van der Waals surface area contributed by atoms with Gasteiger partial charge in [-0.2, -0.15) is 0 Å². The van der Waals surface area contributed by atoms with Crippen molar-refractivity contribution in [3.05, 3.63) is 42.5 Å². The lowest BCUT2D eigenvalue weighted by Crippen LogP contribution is -2.42. The number of hydrogen-bond donors (Lipinski definition) is 5. The first-order chi connectivity index (χ1) is 18.0. The van der Waals surface area contributed by atoms with Gasteiger partial charge in [-0.1, -0.05) is 6.07 Å². The summed E-state index contributed by atoms with van der Waals surface area (Å²) in [5.41, 5.74) is 6.38. The summed E-state index contributed by atoms with van der Waals surface area (Å²) < 4.78 is 12.4. The van der Waals surface area contributed by atoms with Crippen molar-refractivity contribution in [3.8, 4) is 5.75 Å². The zero-order valence-corrected chi connectivity index (χ0v) is 21.5. The predicted octanol–water partition coefficient (Wildman–Crippen LogP) is 1.17. The highest BCUT2D eigenvalue weighted by molar-refractivity contribution is 5.94. The van der Waals surface area contributed by atoms with E-state index in [0.717, 1.165) is 0 Å². The van der Waals surface area contributed by atoms with E-state index in [4.69, 9.17) is 15.2 Å². The molecule has 3 aromatic rings. The second-order valence-corrected chi connectivity index (χ2v) is 10.1. The average Bonchev–Trinajstić information content (AvgIpc) is 3.38. The number of benzene rings is 1. The van der Waals surface area contributed by atoms with Crippen LogP contribution in [0.1, 0.15) is 50.0 Å². The minimum absolute atomic E-state index is 0.138. The zero-order chi connectivity index (χ0) is 27.4. The van der Waals surface area contributed by atoms with Gasteiger partial charge in [0, 0.05) is 12.1 Å². The van der Waals surface area contributed by atoms with Crippen molar-refractivity contribution in [1.29, 1.82) is 0 Å². The van der Waals surface area contributed by atoms with Gasteiger partial charge in [-0.05, 0) is 51.8 Å². The van der Waals surface area contributed by atoms with Crippen LogP contribution in [-0.2, 0) is 4.74 Å². The molecule has 1 fully saturated rings. The quantitative estimate of drug-likeness (QED) is 0.266. The molecule has 1 saturated carbocycles. The number of aliphatic hydroxyl groups excluding tert-OH is 2. The molecule has 1 aliphatic carbocycles. The van der Waals surface area contributed by atoms with Crippen molar-refractivity contribution < 1.29 is 29.3 Å². The summed E-state index contributed by atoms with van der Waals surface area (Å²) in [6, 6.07) is 5.15. The van der Waals surface area contributed by atoms with Crippen LogP contribution in [0.3, 0.4) is 0 Å². The molecule has 0 bridgehead atoms. The van der Waals surface area contributed by atoms with E-state index in [2.05, 4.69) is 25.6 Å². The number of aliphatic hydroxyl groups is 2. The molecule has 1 aromatic carbocycles. The van der Waals surface area contributed by atoms with Gasteiger partial charge in [-0.25, -0.2) is 19.7 Å². The Bertz CT molecular complexity index is 1290. The van der Waals surface area contributed by atoms with Gasteiger partial charge < -0.3 is 40.6 Å². The molecule has 204 valence electrons. The molecule has 2 heterocycles. The Kier molecular flexibility index (Phi) is 7.97. The lowest BCUT2D eigenvalue weighted by atomic mass is 10.1. The fourth-order valence-corrected chi connectivity index (χ4v) is 4.33. The Balaban J connectivity index is 1.31. The van der Waals surface area contributed by atoms with Crippen molar-refractivity contribution >= 4 is 29.0 Å². The molecule has 0 unspecified atom stereocenters. The highest BCUT2D eigenvalue weighted by atomic mass is 16.6. The van der Waals surface area contributed by atoms with E-state index in [1.807, 2.05) is 0 Å². The first-order valence-corrected chi connectivity index (χ1v) is 12.3. The number of carbonyl (C=O) groups is 2. The summed E-state index contributed by atoms with van der Waals surface area (Å²) in [4.78, 5) is 36.9. The van der Waals surface area contributed by atoms with Crippen molar-refractivity contribution in [2.24, 2.45) is 0 Å². The summed E-state index contributed by atoms with van der Waals surface area (Å²) in [5.74, 6) is 0.268. The number of aromatic nitrogens is 4. The third-order valence-corrected chi connectivity index (χ3v) is 6.03. The van der Waals surface area contributed by atoms with E-state index in [1.54, 1.807) is 49.6 Å².